The second-order valence-electron chi connectivity index (χ2n) is 7.71. The maximum Gasteiger partial charge on any atom is 0.258 e. The molecule has 2 amide bonds. The van der Waals surface area contributed by atoms with Crippen molar-refractivity contribution in [2.24, 2.45) is 0 Å². The Hall–Kier alpha value is -3.18. The van der Waals surface area contributed by atoms with E-state index >= 15 is 0 Å². The summed E-state index contributed by atoms with van der Waals surface area (Å²) in [5, 5.41) is 0.598. The molecule has 0 aliphatic carbocycles. The van der Waals surface area contributed by atoms with E-state index in [1.54, 1.807) is 21.9 Å². The van der Waals surface area contributed by atoms with Crippen molar-refractivity contribution in [3.63, 3.8) is 0 Å². The molecule has 0 spiro atoms. The molecule has 1 heterocycles. The average molecular weight is 437 g/mol. The third kappa shape index (κ3) is 4.06. The van der Waals surface area contributed by atoms with Gasteiger partial charge in [0.05, 0.1) is 6.04 Å². The van der Waals surface area contributed by atoms with Crippen LogP contribution in [0.1, 0.15) is 42.2 Å². The van der Waals surface area contributed by atoms with Gasteiger partial charge in [0, 0.05) is 34.9 Å². The minimum atomic E-state index is -0.385. The predicted molar refractivity (Wildman–Crippen MR) is 121 cm³/mol. The number of para-hydroxylation sites is 1. The van der Waals surface area contributed by atoms with Crippen LogP contribution in [-0.4, -0.2) is 17.9 Å². The van der Waals surface area contributed by atoms with E-state index in [-0.39, 0.29) is 29.7 Å². The average Bonchev–Trinajstić information content (AvgIpc) is 2.75. The molecule has 3 aromatic carbocycles. The fourth-order valence-electron chi connectivity index (χ4n) is 4.25. The molecule has 3 aromatic rings. The molecule has 158 valence electrons. The van der Waals surface area contributed by atoms with E-state index in [0.29, 0.717) is 17.0 Å². The van der Waals surface area contributed by atoms with Gasteiger partial charge in [0.1, 0.15) is 5.82 Å². The first kappa shape index (κ1) is 21.1. The summed E-state index contributed by atoms with van der Waals surface area (Å²) in [7, 11) is 0. The minimum absolute atomic E-state index is 0.0902. The first-order valence-electron chi connectivity index (χ1n) is 10.1. The molecular weight excluding hydrogens is 415 g/mol. The summed E-state index contributed by atoms with van der Waals surface area (Å²) in [6.07, 6.45) is 0.562. The van der Waals surface area contributed by atoms with Gasteiger partial charge >= 0.3 is 0 Å². The molecule has 4 rings (SSSR count). The molecule has 0 unspecified atom stereocenters. The second-order valence-corrected chi connectivity index (χ2v) is 8.14. The number of amides is 2. The maximum atomic E-state index is 13.3. The molecule has 4 nitrogen and oxygen atoms in total. The highest BCUT2D eigenvalue weighted by Gasteiger charge is 2.38. The molecule has 0 radical (unpaired) electrons. The van der Waals surface area contributed by atoms with Crippen LogP contribution in [0.25, 0.3) is 0 Å². The Morgan fingerprint density at radius 3 is 2.29 bits per heavy atom. The van der Waals surface area contributed by atoms with Gasteiger partial charge in [0.15, 0.2) is 0 Å². The van der Waals surface area contributed by atoms with Gasteiger partial charge in [-0.1, -0.05) is 29.8 Å². The molecule has 0 N–H and O–H groups in total. The van der Waals surface area contributed by atoms with Crippen molar-refractivity contribution >= 4 is 34.8 Å². The molecule has 0 fully saturated rings. The molecule has 0 aromatic heterocycles. The van der Waals surface area contributed by atoms with Crippen LogP contribution in [0.5, 0.6) is 0 Å². The Morgan fingerprint density at radius 1 is 1.00 bits per heavy atom. The number of fused-ring (bicyclic) bond motifs is 1. The van der Waals surface area contributed by atoms with Crippen molar-refractivity contribution < 1.29 is 14.0 Å². The SMILES string of the molecule is CC(=O)N(c1ccc(Cl)cc1)[C@@H]1C[C@H](C)N(C(=O)c2ccc(F)cc2)c2ccccc21. The fraction of sp³-hybridized carbons (Fsp3) is 0.200. The number of anilines is 2. The number of carbonyl (C=O) groups excluding carboxylic acids is 2. The standard InChI is InChI=1S/C25H22ClFN2O2/c1-16-15-24(29(17(2)30)21-13-9-19(26)10-14-21)22-5-3-4-6-23(22)28(16)25(31)18-7-11-20(27)12-8-18/h3-14,16,24H,15H2,1-2H3/t16-,24+/m0/s1. The Bertz CT molecular complexity index is 1120. The largest absolute Gasteiger partial charge is 0.305 e. The lowest BCUT2D eigenvalue weighted by Gasteiger charge is -2.43. The zero-order valence-electron chi connectivity index (χ0n) is 17.3. The van der Waals surface area contributed by atoms with E-state index in [2.05, 4.69) is 0 Å². The van der Waals surface area contributed by atoms with Crippen molar-refractivity contribution in [2.45, 2.75) is 32.4 Å². The van der Waals surface area contributed by atoms with E-state index in [9.17, 15) is 14.0 Å². The van der Waals surface area contributed by atoms with Crippen molar-refractivity contribution in [3.05, 3.63) is 94.8 Å². The number of hydrogen-bond acceptors (Lipinski definition) is 2. The highest BCUT2D eigenvalue weighted by Crippen LogP contribution is 2.42. The first-order valence-corrected chi connectivity index (χ1v) is 10.5. The van der Waals surface area contributed by atoms with Crippen LogP contribution in [0, 0.1) is 5.82 Å². The molecule has 6 heteroatoms. The summed E-state index contributed by atoms with van der Waals surface area (Å²) in [4.78, 5) is 29.5. The van der Waals surface area contributed by atoms with E-state index < -0.39 is 0 Å². The number of halogens is 2. The number of rotatable bonds is 3. The lowest BCUT2D eigenvalue weighted by atomic mass is 9.89. The van der Waals surface area contributed by atoms with Gasteiger partial charge < -0.3 is 9.80 Å². The summed E-state index contributed by atoms with van der Waals surface area (Å²) in [6.45, 7) is 3.50. The predicted octanol–water partition coefficient (Wildman–Crippen LogP) is 6.01. The van der Waals surface area contributed by atoms with Gasteiger partial charge in [0.2, 0.25) is 5.91 Å². The molecular formula is C25H22ClFN2O2. The molecule has 1 aliphatic heterocycles. The maximum absolute atomic E-state index is 13.3. The molecule has 1 aliphatic rings. The summed E-state index contributed by atoms with van der Waals surface area (Å²) in [6, 6.07) is 19.9. The highest BCUT2D eigenvalue weighted by molar-refractivity contribution is 6.30. The zero-order chi connectivity index (χ0) is 22.1. The first-order chi connectivity index (χ1) is 14.9. The highest BCUT2D eigenvalue weighted by atomic mass is 35.5. The van der Waals surface area contributed by atoms with Crippen molar-refractivity contribution in [3.8, 4) is 0 Å². The monoisotopic (exact) mass is 436 g/mol. The van der Waals surface area contributed by atoms with Crippen molar-refractivity contribution in [1.82, 2.24) is 0 Å². The smallest absolute Gasteiger partial charge is 0.258 e. The topological polar surface area (TPSA) is 40.6 Å². The summed E-state index contributed by atoms with van der Waals surface area (Å²) in [5.41, 5.74) is 2.81. The summed E-state index contributed by atoms with van der Waals surface area (Å²) < 4.78 is 13.3. The van der Waals surface area contributed by atoms with Crippen molar-refractivity contribution in [2.75, 3.05) is 9.80 Å². The van der Waals surface area contributed by atoms with E-state index in [1.165, 1.54) is 31.2 Å². The number of benzene rings is 3. The van der Waals surface area contributed by atoms with Crippen LogP contribution in [0.4, 0.5) is 15.8 Å². The number of carbonyl (C=O) groups is 2. The Labute approximate surface area is 185 Å². The summed E-state index contributed by atoms with van der Waals surface area (Å²) in [5.74, 6) is -0.671. The minimum Gasteiger partial charge on any atom is -0.305 e. The van der Waals surface area contributed by atoms with E-state index in [0.717, 1.165) is 16.9 Å². The third-order valence-electron chi connectivity index (χ3n) is 5.63. The van der Waals surface area contributed by atoms with Crippen LogP contribution >= 0.6 is 11.6 Å². The van der Waals surface area contributed by atoms with Crippen LogP contribution in [-0.2, 0) is 4.79 Å². The zero-order valence-corrected chi connectivity index (χ0v) is 18.0. The number of hydrogen-bond donors (Lipinski definition) is 0. The second kappa shape index (κ2) is 8.52. The van der Waals surface area contributed by atoms with E-state index in [4.69, 9.17) is 11.6 Å². The van der Waals surface area contributed by atoms with Gasteiger partial charge in [0.25, 0.3) is 5.91 Å². The van der Waals surface area contributed by atoms with Crippen LogP contribution in [0.3, 0.4) is 0 Å². The Balaban J connectivity index is 1.77. The van der Waals surface area contributed by atoms with Crippen LogP contribution in [0.15, 0.2) is 72.8 Å². The number of nitrogens with zero attached hydrogens (tertiary/aromatic N) is 2. The van der Waals surface area contributed by atoms with Crippen LogP contribution in [0.2, 0.25) is 5.02 Å². The molecule has 2 atom stereocenters. The Morgan fingerprint density at radius 2 is 1.65 bits per heavy atom. The van der Waals surface area contributed by atoms with Gasteiger partial charge in [-0.15, -0.1) is 0 Å². The molecule has 0 bridgehead atoms. The molecule has 0 saturated carbocycles. The molecule has 31 heavy (non-hydrogen) atoms. The van der Waals surface area contributed by atoms with Gasteiger partial charge in [-0.3, -0.25) is 9.59 Å². The fourth-order valence-corrected chi connectivity index (χ4v) is 4.38. The van der Waals surface area contributed by atoms with Gasteiger partial charge in [-0.25, -0.2) is 4.39 Å². The normalized spacial score (nSPS) is 17.7. The lowest BCUT2D eigenvalue weighted by Crippen LogP contribution is -2.47. The summed E-state index contributed by atoms with van der Waals surface area (Å²) >= 11 is 6.04. The lowest BCUT2D eigenvalue weighted by molar-refractivity contribution is -0.117. The van der Waals surface area contributed by atoms with Crippen molar-refractivity contribution in [1.29, 1.82) is 0 Å². The molecule has 0 saturated heterocycles. The van der Waals surface area contributed by atoms with Gasteiger partial charge in [-0.05, 0) is 73.5 Å². The van der Waals surface area contributed by atoms with E-state index in [1.807, 2.05) is 43.3 Å². The van der Waals surface area contributed by atoms with Crippen LogP contribution < -0.4 is 9.80 Å². The quantitative estimate of drug-likeness (QED) is 0.504. The van der Waals surface area contributed by atoms with Gasteiger partial charge in [-0.2, -0.15) is 0 Å². The Kier molecular flexibility index (Phi) is 5.79. The third-order valence-corrected chi connectivity index (χ3v) is 5.88.